The summed E-state index contributed by atoms with van der Waals surface area (Å²) in [7, 11) is -3.09. The van der Waals surface area contributed by atoms with Crippen LogP contribution in [0.2, 0.25) is 5.02 Å². The lowest BCUT2D eigenvalue weighted by Gasteiger charge is -2.34. The van der Waals surface area contributed by atoms with Gasteiger partial charge in [-0.25, -0.2) is 13.4 Å². The standard InChI is InChI=1S/C25H26ClN5O3S/c1-35(33,34)10-9-21-15-30(25(32)14-28-21)16-24-23(11-18-5-7-19(13-27)8-6-18)29-17-31(24)22-4-2-3-20(26)12-22/h2-8,12,17,21,28H,9-11,14-16H2,1H3/t21-/m0/s1. The topological polar surface area (TPSA) is 108 Å². The molecular weight excluding hydrogens is 486 g/mol. The predicted molar refractivity (Wildman–Crippen MR) is 134 cm³/mol. The number of benzene rings is 2. The highest BCUT2D eigenvalue weighted by Crippen LogP contribution is 2.23. The highest BCUT2D eigenvalue weighted by atomic mass is 35.5. The molecule has 0 spiro atoms. The minimum absolute atomic E-state index is 0.0521. The van der Waals surface area contributed by atoms with Crippen LogP contribution in [0.1, 0.15) is 28.9 Å². The van der Waals surface area contributed by atoms with Gasteiger partial charge in [0.2, 0.25) is 5.91 Å². The van der Waals surface area contributed by atoms with Crippen LogP contribution in [0.25, 0.3) is 5.69 Å². The first-order chi connectivity index (χ1) is 16.7. The molecule has 0 radical (unpaired) electrons. The predicted octanol–water partition coefficient (Wildman–Crippen LogP) is 2.72. The molecule has 1 atom stereocenters. The lowest BCUT2D eigenvalue weighted by Crippen LogP contribution is -2.54. The minimum atomic E-state index is -3.09. The molecule has 2 aromatic carbocycles. The Kier molecular flexibility index (Phi) is 7.55. The summed E-state index contributed by atoms with van der Waals surface area (Å²) in [5, 5.41) is 12.8. The third kappa shape index (κ3) is 6.48. The number of amides is 1. The van der Waals surface area contributed by atoms with Crippen molar-refractivity contribution < 1.29 is 13.2 Å². The summed E-state index contributed by atoms with van der Waals surface area (Å²) in [5.41, 5.74) is 4.09. The van der Waals surface area contributed by atoms with E-state index in [1.54, 1.807) is 29.4 Å². The van der Waals surface area contributed by atoms with E-state index in [9.17, 15) is 13.2 Å². The monoisotopic (exact) mass is 511 g/mol. The Bertz CT molecular complexity index is 1360. The lowest BCUT2D eigenvalue weighted by molar-refractivity contribution is -0.133. The normalized spacial score (nSPS) is 16.3. The minimum Gasteiger partial charge on any atom is -0.334 e. The highest BCUT2D eigenvalue weighted by molar-refractivity contribution is 7.90. The van der Waals surface area contributed by atoms with Crippen LogP contribution in [0.15, 0.2) is 54.9 Å². The zero-order valence-electron chi connectivity index (χ0n) is 19.3. The molecule has 10 heteroatoms. The SMILES string of the molecule is CS(=O)(=O)CC[C@H]1CN(Cc2c(Cc3ccc(C#N)cc3)ncn2-c2cccc(Cl)c2)C(=O)CN1. The second-order valence-electron chi connectivity index (χ2n) is 8.74. The van der Waals surface area contributed by atoms with Gasteiger partial charge in [-0.1, -0.05) is 29.8 Å². The van der Waals surface area contributed by atoms with Gasteiger partial charge in [0.25, 0.3) is 0 Å². The molecule has 1 saturated heterocycles. The number of carbonyl (C=O) groups excluding carboxylic acids is 1. The molecule has 1 N–H and O–H groups in total. The summed E-state index contributed by atoms with van der Waals surface area (Å²) in [6.07, 6.45) is 3.92. The average Bonchev–Trinajstić information content (AvgIpc) is 3.21. The van der Waals surface area contributed by atoms with E-state index in [0.717, 1.165) is 22.6 Å². The largest absolute Gasteiger partial charge is 0.334 e. The van der Waals surface area contributed by atoms with Gasteiger partial charge in [0.05, 0.1) is 48.2 Å². The molecule has 4 rings (SSSR count). The van der Waals surface area contributed by atoms with Crippen molar-refractivity contribution in [1.82, 2.24) is 19.8 Å². The quantitative estimate of drug-likeness (QED) is 0.498. The van der Waals surface area contributed by atoms with Gasteiger partial charge in [-0.3, -0.25) is 4.79 Å². The molecule has 0 bridgehead atoms. The van der Waals surface area contributed by atoms with Gasteiger partial charge in [0.15, 0.2) is 0 Å². The van der Waals surface area contributed by atoms with Gasteiger partial charge < -0.3 is 14.8 Å². The van der Waals surface area contributed by atoms with Crippen LogP contribution >= 0.6 is 11.6 Å². The number of imidazole rings is 1. The second kappa shape index (κ2) is 10.6. The zero-order chi connectivity index (χ0) is 25.0. The number of piperazine rings is 1. The van der Waals surface area contributed by atoms with Gasteiger partial charge in [-0.15, -0.1) is 0 Å². The fourth-order valence-corrected chi connectivity index (χ4v) is 5.02. The molecule has 0 aliphatic carbocycles. The fourth-order valence-electron chi connectivity index (χ4n) is 4.12. The summed E-state index contributed by atoms with van der Waals surface area (Å²) in [5.74, 6) is 0.0145. The van der Waals surface area contributed by atoms with Crippen molar-refractivity contribution in [3.8, 4) is 11.8 Å². The number of nitriles is 1. The maximum absolute atomic E-state index is 12.8. The Morgan fingerprint density at radius 3 is 2.69 bits per heavy atom. The molecule has 1 fully saturated rings. The van der Waals surface area contributed by atoms with E-state index in [4.69, 9.17) is 16.9 Å². The first-order valence-corrected chi connectivity index (χ1v) is 13.6. The molecule has 182 valence electrons. The van der Waals surface area contributed by atoms with Crippen molar-refractivity contribution in [2.24, 2.45) is 0 Å². The molecule has 1 aliphatic rings. The molecule has 2 heterocycles. The van der Waals surface area contributed by atoms with E-state index in [1.165, 1.54) is 6.26 Å². The van der Waals surface area contributed by atoms with E-state index in [2.05, 4.69) is 16.4 Å². The zero-order valence-corrected chi connectivity index (χ0v) is 20.9. The van der Waals surface area contributed by atoms with E-state index in [-0.39, 0.29) is 24.2 Å². The number of nitrogens with one attached hydrogen (secondary N) is 1. The first-order valence-electron chi connectivity index (χ1n) is 11.2. The molecule has 35 heavy (non-hydrogen) atoms. The number of nitrogens with zero attached hydrogens (tertiary/aromatic N) is 4. The summed E-state index contributed by atoms with van der Waals surface area (Å²) in [6.45, 7) is 0.893. The number of hydrogen-bond acceptors (Lipinski definition) is 6. The number of sulfone groups is 1. The van der Waals surface area contributed by atoms with Gasteiger partial charge in [-0.05, 0) is 42.3 Å². The molecular formula is C25H26ClN5O3S. The van der Waals surface area contributed by atoms with Crippen molar-refractivity contribution in [1.29, 1.82) is 5.26 Å². The Hall–Kier alpha value is -3.19. The summed E-state index contributed by atoms with van der Waals surface area (Å²) < 4.78 is 25.2. The molecule has 0 saturated carbocycles. The highest BCUT2D eigenvalue weighted by Gasteiger charge is 2.28. The van der Waals surface area contributed by atoms with Crippen molar-refractivity contribution in [3.05, 3.63) is 82.4 Å². The van der Waals surface area contributed by atoms with Crippen LogP contribution in [0.3, 0.4) is 0 Å². The second-order valence-corrected chi connectivity index (χ2v) is 11.4. The third-order valence-corrected chi connectivity index (χ3v) is 7.22. The van der Waals surface area contributed by atoms with Gasteiger partial charge in [-0.2, -0.15) is 5.26 Å². The molecule has 3 aromatic rings. The Labute approximate surface area is 210 Å². The van der Waals surface area contributed by atoms with Gasteiger partial charge in [0.1, 0.15) is 9.84 Å². The molecule has 1 aromatic heterocycles. The number of rotatable bonds is 8. The van der Waals surface area contributed by atoms with Crippen LogP contribution in [-0.4, -0.2) is 59.9 Å². The number of halogens is 1. The summed E-state index contributed by atoms with van der Waals surface area (Å²) in [4.78, 5) is 19.2. The van der Waals surface area contributed by atoms with Crippen LogP contribution in [0, 0.1) is 11.3 Å². The number of carbonyl (C=O) groups is 1. The molecule has 0 unspecified atom stereocenters. The van der Waals surface area contributed by atoms with E-state index in [0.29, 0.717) is 36.5 Å². The molecule has 1 amide bonds. The Morgan fingerprint density at radius 2 is 2.00 bits per heavy atom. The lowest BCUT2D eigenvalue weighted by atomic mass is 10.1. The fraction of sp³-hybridized carbons (Fsp3) is 0.320. The molecule has 8 nitrogen and oxygen atoms in total. The average molecular weight is 512 g/mol. The van der Waals surface area contributed by atoms with Gasteiger partial charge >= 0.3 is 0 Å². The first kappa shape index (κ1) is 24.9. The van der Waals surface area contributed by atoms with E-state index >= 15 is 0 Å². The van der Waals surface area contributed by atoms with Crippen molar-refractivity contribution in [2.45, 2.75) is 25.4 Å². The van der Waals surface area contributed by atoms with Crippen molar-refractivity contribution in [3.63, 3.8) is 0 Å². The maximum Gasteiger partial charge on any atom is 0.236 e. The smallest absolute Gasteiger partial charge is 0.236 e. The van der Waals surface area contributed by atoms with E-state index in [1.807, 2.05) is 34.9 Å². The number of hydrogen-bond donors (Lipinski definition) is 1. The van der Waals surface area contributed by atoms with E-state index < -0.39 is 9.84 Å². The Balaban J connectivity index is 1.63. The van der Waals surface area contributed by atoms with Crippen LogP contribution < -0.4 is 5.32 Å². The molecule has 1 aliphatic heterocycles. The maximum atomic E-state index is 12.8. The van der Waals surface area contributed by atoms with Gasteiger partial charge in [0, 0.05) is 36.0 Å². The van der Waals surface area contributed by atoms with Crippen molar-refractivity contribution >= 4 is 27.3 Å². The number of aromatic nitrogens is 2. The Morgan fingerprint density at radius 1 is 1.23 bits per heavy atom. The van der Waals surface area contributed by atoms with Crippen LogP contribution in [-0.2, 0) is 27.6 Å². The summed E-state index contributed by atoms with van der Waals surface area (Å²) >= 11 is 6.24. The summed E-state index contributed by atoms with van der Waals surface area (Å²) in [6, 6.07) is 16.8. The van der Waals surface area contributed by atoms with Crippen LogP contribution in [0.5, 0.6) is 0 Å². The third-order valence-electron chi connectivity index (χ3n) is 6.01. The van der Waals surface area contributed by atoms with Crippen LogP contribution in [0.4, 0.5) is 0 Å². The van der Waals surface area contributed by atoms with Crippen molar-refractivity contribution in [2.75, 3.05) is 25.1 Å².